The molecule has 1 atom stereocenters. The van der Waals surface area contributed by atoms with Crippen molar-refractivity contribution >= 4 is 11.8 Å². The Kier molecular flexibility index (Phi) is 3.23. The molecule has 0 heterocycles. The zero-order valence-corrected chi connectivity index (χ0v) is 7.41. The molecule has 0 aromatic rings. The Morgan fingerprint density at radius 2 is 2.38 bits per heavy atom. The van der Waals surface area contributed by atoms with Gasteiger partial charge in [-0.15, -0.1) is 0 Å². The second-order valence-electron chi connectivity index (χ2n) is 2.70. The van der Waals surface area contributed by atoms with Gasteiger partial charge in [0.25, 0.3) is 0 Å². The summed E-state index contributed by atoms with van der Waals surface area (Å²) in [6.45, 7) is 1.77. The van der Waals surface area contributed by atoms with Crippen LogP contribution in [0.1, 0.15) is 13.3 Å². The van der Waals surface area contributed by atoms with Crippen LogP contribution in [0.2, 0.25) is 0 Å². The van der Waals surface area contributed by atoms with Gasteiger partial charge in [0.2, 0.25) is 5.91 Å². The third kappa shape index (κ3) is 2.42. The fraction of sp³-hybridized carbons (Fsp3) is 0.300. The maximum absolute atomic E-state index is 11.0. The Morgan fingerprint density at radius 1 is 1.62 bits per heavy atom. The fourth-order valence-electron chi connectivity index (χ4n) is 1.04. The molecule has 3 heteroatoms. The summed E-state index contributed by atoms with van der Waals surface area (Å²) in [7, 11) is 0. The Morgan fingerprint density at radius 3 is 3.00 bits per heavy atom. The van der Waals surface area contributed by atoms with Crippen LogP contribution in [0.25, 0.3) is 0 Å². The van der Waals surface area contributed by atoms with Gasteiger partial charge in [-0.05, 0) is 6.08 Å². The first-order valence-electron chi connectivity index (χ1n) is 4.17. The Labute approximate surface area is 76.8 Å². The number of hydrogen-bond donors (Lipinski definition) is 1. The van der Waals surface area contributed by atoms with Crippen LogP contribution in [0.15, 0.2) is 29.9 Å². The largest absolute Gasteiger partial charge is 0.345 e. The predicted octanol–water partition coefficient (Wildman–Crippen LogP) is 0.765. The molecule has 68 valence electrons. The summed E-state index contributed by atoms with van der Waals surface area (Å²) in [6.07, 6.45) is 7.36. The molecule has 1 aliphatic rings. The normalized spacial score (nSPS) is 19.8. The number of carbonyl (C=O) groups is 1. The highest BCUT2D eigenvalue weighted by molar-refractivity contribution is 5.78. The van der Waals surface area contributed by atoms with Crippen molar-refractivity contribution in [1.29, 1.82) is 0 Å². The van der Waals surface area contributed by atoms with Gasteiger partial charge in [-0.25, -0.2) is 4.79 Å². The van der Waals surface area contributed by atoms with Crippen molar-refractivity contribution in [2.24, 2.45) is 0 Å². The van der Waals surface area contributed by atoms with E-state index in [0.29, 0.717) is 12.0 Å². The highest BCUT2D eigenvalue weighted by Crippen LogP contribution is 2.07. The van der Waals surface area contributed by atoms with E-state index in [1.807, 2.05) is 0 Å². The van der Waals surface area contributed by atoms with Crippen molar-refractivity contribution < 1.29 is 9.59 Å². The molecule has 0 aromatic heterocycles. The molecule has 0 saturated carbocycles. The van der Waals surface area contributed by atoms with E-state index < -0.39 is 0 Å². The van der Waals surface area contributed by atoms with Crippen molar-refractivity contribution in [3.05, 3.63) is 29.9 Å². The monoisotopic (exact) mass is 177 g/mol. The summed E-state index contributed by atoms with van der Waals surface area (Å²) in [5.41, 5.74) is 0.462. The van der Waals surface area contributed by atoms with E-state index in [-0.39, 0.29) is 11.9 Å². The van der Waals surface area contributed by atoms with Crippen LogP contribution in [0.5, 0.6) is 0 Å². The summed E-state index contributed by atoms with van der Waals surface area (Å²) in [5.74, 6) is 1.73. The summed E-state index contributed by atoms with van der Waals surface area (Å²) in [4.78, 5) is 21.5. The highest BCUT2D eigenvalue weighted by Gasteiger charge is 2.13. The predicted molar refractivity (Wildman–Crippen MR) is 49.7 cm³/mol. The fourth-order valence-corrected chi connectivity index (χ4v) is 1.04. The molecule has 13 heavy (non-hydrogen) atoms. The molecule has 0 spiro atoms. The van der Waals surface area contributed by atoms with Gasteiger partial charge >= 0.3 is 0 Å². The van der Waals surface area contributed by atoms with Crippen molar-refractivity contribution in [1.82, 2.24) is 5.32 Å². The lowest BCUT2D eigenvalue weighted by Gasteiger charge is -2.15. The molecule has 0 saturated heterocycles. The molecular formula is C10H11NO2. The lowest BCUT2D eigenvalue weighted by atomic mass is 10.0. The van der Waals surface area contributed by atoms with Crippen molar-refractivity contribution in [3.63, 3.8) is 0 Å². The molecule has 3 nitrogen and oxygen atoms in total. The van der Waals surface area contributed by atoms with Crippen LogP contribution >= 0.6 is 0 Å². The molecule has 0 bridgehead atoms. The third-order valence-electron chi connectivity index (χ3n) is 1.78. The average Bonchev–Trinajstić information content (AvgIpc) is 2.18. The number of carbonyl (C=O) groups excluding carboxylic acids is 2. The standard InChI is InChI=1S/C10H11NO2/c1-2-10(13)11-9-6-4-3-5-8(9)7-12/h3-6,9H,2H2,1H3,(H,11,13). The van der Waals surface area contributed by atoms with E-state index in [1.54, 1.807) is 37.2 Å². The van der Waals surface area contributed by atoms with E-state index >= 15 is 0 Å². The number of amides is 1. The van der Waals surface area contributed by atoms with Crippen LogP contribution in [-0.2, 0) is 9.59 Å². The molecule has 1 rings (SSSR count). The van der Waals surface area contributed by atoms with E-state index in [0.717, 1.165) is 0 Å². The van der Waals surface area contributed by atoms with Crippen LogP contribution in [0.3, 0.4) is 0 Å². The van der Waals surface area contributed by atoms with E-state index in [4.69, 9.17) is 0 Å². The number of hydrogen-bond acceptors (Lipinski definition) is 2. The van der Waals surface area contributed by atoms with Gasteiger partial charge in [-0.3, -0.25) is 4.79 Å². The third-order valence-corrected chi connectivity index (χ3v) is 1.78. The molecule has 0 aliphatic heterocycles. The van der Waals surface area contributed by atoms with Gasteiger partial charge in [0.05, 0.1) is 11.6 Å². The lowest BCUT2D eigenvalue weighted by molar-refractivity contribution is -0.120. The molecule has 0 radical (unpaired) electrons. The summed E-state index contributed by atoms with van der Waals surface area (Å²) < 4.78 is 0. The van der Waals surface area contributed by atoms with Crippen molar-refractivity contribution in [2.75, 3.05) is 0 Å². The summed E-state index contributed by atoms with van der Waals surface area (Å²) in [6, 6.07) is -0.310. The minimum Gasteiger partial charge on any atom is -0.345 e. The number of allylic oxidation sites excluding steroid dienone is 2. The van der Waals surface area contributed by atoms with Gasteiger partial charge in [0, 0.05) is 6.42 Å². The highest BCUT2D eigenvalue weighted by atomic mass is 16.1. The molecule has 1 unspecified atom stereocenters. The van der Waals surface area contributed by atoms with E-state index in [1.165, 1.54) is 0 Å². The molecule has 0 fully saturated rings. The minimum absolute atomic E-state index is 0.0716. The molecular weight excluding hydrogens is 166 g/mol. The second kappa shape index (κ2) is 4.43. The topological polar surface area (TPSA) is 46.2 Å². The number of rotatable bonds is 2. The van der Waals surface area contributed by atoms with E-state index in [2.05, 4.69) is 5.32 Å². The van der Waals surface area contributed by atoms with Crippen LogP contribution in [-0.4, -0.2) is 17.9 Å². The first kappa shape index (κ1) is 9.49. The van der Waals surface area contributed by atoms with Crippen molar-refractivity contribution in [2.45, 2.75) is 19.4 Å². The van der Waals surface area contributed by atoms with Crippen LogP contribution in [0.4, 0.5) is 0 Å². The van der Waals surface area contributed by atoms with Gasteiger partial charge in [-0.1, -0.05) is 25.2 Å². The van der Waals surface area contributed by atoms with Gasteiger partial charge in [0.1, 0.15) is 5.94 Å². The Bertz CT molecular complexity index is 309. The maximum atomic E-state index is 11.0. The lowest BCUT2D eigenvalue weighted by Crippen LogP contribution is -2.34. The number of nitrogens with one attached hydrogen (secondary N) is 1. The van der Waals surface area contributed by atoms with E-state index in [9.17, 15) is 9.59 Å². The van der Waals surface area contributed by atoms with Gasteiger partial charge < -0.3 is 5.32 Å². The maximum Gasteiger partial charge on any atom is 0.220 e. The Balaban J connectivity index is 2.69. The second-order valence-corrected chi connectivity index (χ2v) is 2.70. The average molecular weight is 177 g/mol. The van der Waals surface area contributed by atoms with Crippen molar-refractivity contribution in [3.8, 4) is 0 Å². The van der Waals surface area contributed by atoms with Gasteiger partial charge in [-0.2, -0.15) is 0 Å². The molecule has 1 N–H and O–H groups in total. The smallest absolute Gasteiger partial charge is 0.220 e. The van der Waals surface area contributed by atoms with Gasteiger partial charge in [0.15, 0.2) is 0 Å². The first-order chi connectivity index (χ1) is 6.27. The minimum atomic E-state index is -0.310. The Hall–Kier alpha value is -1.60. The summed E-state index contributed by atoms with van der Waals surface area (Å²) in [5, 5.41) is 2.69. The van der Waals surface area contributed by atoms with Crippen LogP contribution in [0, 0.1) is 0 Å². The summed E-state index contributed by atoms with van der Waals surface area (Å²) >= 11 is 0. The van der Waals surface area contributed by atoms with Crippen LogP contribution < -0.4 is 5.32 Å². The molecule has 0 aromatic carbocycles. The first-order valence-corrected chi connectivity index (χ1v) is 4.17. The zero-order chi connectivity index (χ0) is 9.68. The molecule has 1 amide bonds. The zero-order valence-electron chi connectivity index (χ0n) is 7.41. The SMILES string of the molecule is CCC(=O)NC1C=CC=CC1=C=O. The molecule has 1 aliphatic carbocycles. The quantitative estimate of drug-likeness (QED) is 0.633.